The highest BCUT2D eigenvalue weighted by atomic mass is 35.5. The summed E-state index contributed by atoms with van der Waals surface area (Å²) in [5, 5.41) is 1.04. The highest BCUT2D eigenvalue weighted by molar-refractivity contribution is 6.42. The summed E-state index contributed by atoms with van der Waals surface area (Å²) in [5.74, 6) is 0.674. The molecular formula is C14H20Cl2NO2+. The van der Waals surface area contributed by atoms with E-state index in [4.69, 9.17) is 32.7 Å². The smallest absolute Gasteiger partial charge is 0.139 e. The summed E-state index contributed by atoms with van der Waals surface area (Å²) in [6, 6.07) is 5.46. The molecule has 1 saturated heterocycles. The van der Waals surface area contributed by atoms with Crippen LogP contribution < -0.4 is 9.64 Å². The number of unbranched alkanes of at least 4 members (excludes halogenated alkanes) is 1. The maximum Gasteiger partial charge on any atom is 0.139 e. The zero-order valence-corrected chi connectivity index (χ0v) is 12.5. The molecule has 0 amide bonds. The van der Waals surface area contributed by atoms with Gasteiger partial charge < -0.3 is 14.4 Å². The summed E-state index contributed by atoms with van der Waals surface area (Å²) in [6.07, 6.45) is 2.20. The van der Waals surface area contributed by atoms with Crippen molar-refractivity contribution in [3.63, 3.8) is 0 Å². The summed E-state index contributed by atoms with van der Waals surface area (Å²) < 4.78 is 11.0. The molecule has 0 radical (unpaired) electrons. The van der Waals surface area contributed by atoms with Gasteiger partial charge >= 0.3 is 0 Å². The first-order chi connectivity index (χ1) is 9.27. The Morgan fingerprint density at radius 2 is 1.95 bits per heavy atom. The third-order valence-corrected chi connectivity index (χ3v) is 4.10. The van der Waals surface area contributed by atoms with Gasteiger partial charge in [-0.1, -0.05) is 29.3 Å². The summed E-state index contributed by atoms with van der Waals surface area (Å²) in [7, 11) is 0. The second-order valence-electron chi connectivity index (χ2n) is 4.72. The first kappa shape index (κ1) is 14.9. The highest BCUT2D eigenvalue weighted by Crippen LogP contribution is 2.31. The Morgan fingerprint density at radius 1 is 1.16 bits per heavy atom. The second-order valence-corrected chi connectivity index (χ2v) is 5.51. The van der Waals surface area contributed by atoms with Crippen LogP contribution in [0.2, 0.25) is 10.0 Å². The van der Waals surface area contributed by atoms with Crippen LogP contribution in [-0.2, 0) is 4.74 Å². The van der Waals surface area contributed by atoms with Crippen LogP contribution in [0.4, 0.5) is 0 Å². The fraction of sp³-hybridized carbons (Fsp3) is 0.571. The lowest BCUT2D eigenvalue weighted by atomic mass is 10.3. The van der Waals surface area contributed by atoms with E-state index >= 15 is 0 Å². The molecule has 0 atom stereocenters. The molecule has 1 aliphatic rings. The summed E-state index contributed by atoms with van der Waals surface area (Å²) in [4.78, 5) is 1.63. The number of rotatable bonds is 6. The Kier molecular flexibility index (Phi) is 6.24. The van der Waals surface area contributed by atoms with Crippen LogP contribution in [0.5, 0.6) is 5.75 Å². The van der Waals surface area contributed by atoms with E-state index < -0.39 is 0 Å². The molecule has 0 bridgehead atoms. The molecule has 0 spiro atoms. The average Bonchev–Trinajstić information content (AvgIpc) is 2.44. The van der Waals surface area contributed by atoms with Crippen molar-refractivity contribution in [3.8, 4) is 5.75 Å². The number of hydrogen-bond acceptors (Lipinski definition) is 2. The number of halogens is 2. The molecule has 19 heavy (non-hydrogen) atoms. The second kappa shape index (κ2) is 7.95. The van der Waals surface area contributed by atoms with E-state index in [0.29, 0.717) is 22.4 Å². The van der Waals surface area contributed by atoms with Crippen molar-refractivity contribution in [2.75, 3.05) is 39.5 Å². The van der Waals surface area contributed by atoms with Crippen molar-refractivity contribution in [2.45, 2.75) is 12.8 Å². The zero-order valence-electron chi connectivity index (χ0n) is 11.0. The molecule has 1 aromatic rings. The van der Waals surface area contributed by atoms with Crippen molar-refractivity contribution >= 4 is 23.2 Å². The SMILES string of the molecule is Clc1cccc(OCCCC[NH+]2CCOCC2)c1Cl. The first-order valence-corrected chi connectivity index (χ1v) is 7.51. The molecule has 0 unspecified atom stereocenters. The summed E-state index contributed by atoms with van der Waals surface area (Å²) >= 11 is 12.0. The fourth-order valence-corrected chi connectivity index (χ4v) is 2.51. The normalized spacial score (nSPS) is 16.5. The van der Waals surface area contributed by atoms with Crippen molar-refractivity contribution in [1.82, 2.24) is 0 Å². The Balaban J connectivity index is 1.62. The van der Waals surface area contributed by atoms with Gasteiger partial charge in [0, 0.05) is 0 Å². The van der Waals surface area contributed by atoms with Crippen molar-refractivity contribution < 1.29 is 14.4 Å². The summed E-state index contributed by atoms with van der Waals surface area (Å²) in [6.45, 7) is 5.91. The Labute approximate surface area is 124 Å². The number of quaternary nitrogens is 1. The third-order valence-electron chi connectivity index (χ3n) is 3.30. The van der Waals surface area contributed by atoms with Gasteiger partial charge in [-0.25, -0.2) is 0 Å². The van der Waals surface area contributed by atoms with Crippen LogP contribution in [0.25, 0.3) is 0 Å². The van der Waals surface area contributed by atoms with Crippen LogP contribution in [0.1, 0.15) is 12.8 Å². The average molecular weight is 305 g/mol. The van der Waals surface area contributed by atoms with Gasteiger partial charge in [0.25, 0.3) is 0 Å². The van der Waals surface area contributed by atoms with E-state index in [-0.39, 0.29) is 0 Å². The van der Waals surface area contributed by atoms with Crippen LogP contribution in [-0.4, -0.2) is 39.5 Å². The minimum Gasteiger partial charge on any atom is -0.492 e. The number of ether oxygens (including phenoxy) is 2. The molecule has 1 N–H and O–H groups in total. The molecule has 1 aliphatic heterocycles. The molecule has 106 valence electrons. The van der Waals surface area contributed by atoms with E-state index in [1.807, 2.05) is 12.1 Å². The van der Waals surface area contributed by atoms with Crippen molar-refractivity contribution in [2.24, 2.45) is 0 Å². The van der Waals surface area contributed by atoms with Crippen LogP contribution >= 0.6 is 23.2 Å². The lowest BCUT2D eigenvalue weighted by Gasteiger charge is -2.23. The minimum atomic E-state index is 0.503. The van der Waals surface area contributed by atoms with E-state index in [1.165, 1.54) is 6.54 Å². The molecular weight excluding hydrogens is 285 g/mol. The fourth-order valence-electron chi connectivity index (χ4n) is 2.16. The van der Waals surface area contributed by atoms with E-state index in [1.54, 1.807) is 11.0 Å². The van der Waals surface area contributed by atoms with Gasteiger partial charge in [0.2, 0.25) is 0 Å². The molecule has 0 saturated carbocycles. The maximum atomic E-state index is 6.05. The maximum absolute atomic E-state index is 6.05. The largest absolute Gasteiger partial charge is 0.492 e. The lowest BCUT2D eigenvalue weighted by Crippen LogP contribution is -3.14. The van der Waals surface area contributed by atoms with E-state index in [9.17, 15) is 0 Å². The number of hydrogen-bond donors (Lipinski definition) is 1. The number of morpholine rings is 1. The molecule has 0 aromatic heterocycles. The van der Waals surface area contributed by atoms with Gasteiger partial charge in [0.05, 0.1) is 31.4 Å². The lowest BCUT2D eigenvalue weighted by molar-refractivity contribution is -0.908. The molecule has 1 heterocycles. The van der Waals surface area contributed by atoms with E-state index in [2.05, 4.69) is 0 Å². The monoisotopic (exact) mass is 304 g/mol. The van der Waals surface area contributed by atoms with Crippen LogP contribution in [0.3, 0.4) is 0 Å². The molecule has 2 rings (SSSR count). The van der Waals surface area contributed by atoms with Gasteiger partial charge in [0.15, 0.2) is 0 Å². The Morgan fingerprint density at radius 3 is 2.74 bits per heavy atom. The minimum absolute atomic E-state index is 0.503. The Bertz CT molecular complexity index is 395. The third kappa shape index (κ3) is 4.84. The van der Waals surface area contributed by atoms with Gasteiger partial charge in [-0.3, -0.25) is 0 Å². The van der Waals surface area contributed by atoms with Gasteiger partial charge in [-0.15, -0.1) is 0 Å². The van der Waals surface area contributed by atoms with Gasteiger partial charge in [0.1, 0.15) is 23.9 Å². The van der Waals surface area contributed by atoms with Crippen molar-refractivity contribution in [1.29, 1.82) is 0 Å². The van der Waals surface area contributed by atoms with Crippen LogP contribution in [0.15, 0.2) is 18.2 Å². The van der Waals surface area contributed by atoms with Gasteiger partial charge in [-0.2, -0.15) is 0 Å². The first-order valence-electron chi connectivity index (χ1n) is 6.75. The highest BCUT2D eigenvalue weighted by Gasteiger charge is 2.12. The van der Waals surface area contributed by atoms with Crippen LogP contribution in [0, 0.1) is 0 Å². The van der Waals surface area contributed by atoms with E-state index in [0.717, 1.165) is 39.1 Å². The van der Waals surface area contributed by atoms with Gasteiger partial charge in [-0.05, 0) is 25.0 Å². The van der Waals surface area contributed by atoms with Crippen molar-refractivity contribution in [3.05, 3.63) is 28.2 Å². The molecule has 5 heteroatoms. The topological polar surface area (TPSA) is 22.9 Å². The molecule has 1 fully saturated rings. The zero-order chi connectivity index (χ0) is 13.5. The molecule has 1 aromatic carbocycles. The quantitative estimate of drug-likeness (QED) is 0.813. The predicted molar refractivity (Wildman–Crippen MR) is 77.6 cm³/mol. The summed E-state index contributed by atoms with van der Waals surface area (Å²) in [5.41, 5.74) is 0. The Hall–Kier alpha value is -0.480. The molecule has 0 aliphatic carbocycles. The number of benzene rings is 1. The molecule has 3 nitrogen and oxygen atoms in total. The number of nitrogens with one attached hydrogen (secondary N) is 1. The standard InChI is InChI=1S/C14H19Cl2NO2/c15-12-4-3-5-13(14(12)16)19-9-2-1-6-17-7-10-18-11-8-17/h3-5H,1-2,6-11H2/p+1. The predicted octanol–water partition coefficient (Wildman–Crippen LogP) is 2.07.